The van der Waals surface area contributed by atoms with Crippen LogP contribution in [0, 0.1) is 6.92 Å². The lowest BCUT2D eigenvalue weighted by Crippen LogP contribution is -2.24. The summed E-state index contributed by atoms with van der Waals surface area (Å²) in [7, 11) is 4.05. The average Bonchev–Trinajstić information content (AvgIpc) is 2.69. The molecule has 1 saturated carbocycles. The van der Waals surface area contributed by atoms with Crippen LogP contribution in [0.15, 0.2) is 0 Å². The Labute approximate surface area is 88.9 Å². The molecule has 1 aromatic heterocycles. The van der Waals surface area contributed by atoms with Crippen molar-refractivity contribution < 1.29 is 0 Å². The van der Waals surface area contributed by atoms with Gasteiger partial charge in [0.25, 0.3) is 0 Å². The maximum atomic E-state index is 6.10. The van der Waals surface area contributed by atoms with Crippen molar-refractivity contribution in [3.63, 3.8) is 0 Å². The summed E-state index contributed by atoms with van der Waals surface area (Å²) in [5, 5.41) is 1.08. The highest BCUT2D eigenvalue weighted by Gasteiger charge is 2.39. The number of hydrogen-bond acceptors (Lipinski definition) is 4. The van der Waals surface area contributed by atoms with Gasteiger partial charge in [0.15, 0.2) is 5.13 Å². The molecule has 2 N–H and O–H groups in total. The van der Waals surface area contributed by atoms with Crippen LogP contribution in [0.25, 0.3) is 0 Å². The summed E-state index contributed by atoms with van der Waals surface area (Å²) in [6.45, 7) is 2.07. The van der Waals surface area contributed by atoms with E-state index in [-0.39, 0.29) is 5.54 Å². The van der Waals surface area contributed by atoms with Crippen LogP contribution in [-0.2, 0) is 6.42 Å². The number of aromatic nitrogens is 1. The number of anilines is 1. The summed E-state index contributed by atoms with van der Waals surface area (Å²) >= 11 is 1.77. The zero-order valence-corrected chi connectivity index (χ0v) is 9.82. The standard InChI is InChI=1S/C10H17N3S/c1-7-8(6-10(11)4-5-10)14-9(12-7)13(2)3/h4-6,11H2,1-3H3. The van der Waals surface area contributed by atoms with Crippen molar-refractivity contribution in [2.45, 2.75) is 31.7 Å². The lowest BCUT2D eigenvalue weighted by Gasteiger charge is -2.06. The predicted molar refractivity (Wildman–Crippen MR) is 61.0 cm³/mol. The molecule has 0 radical (unpaired) electrons. The molecule has 1 aromatic rings. The molecule has 0 amide bonds. The first-order chi connectivity index (χ1) is 6.50. The smallest absolute Gasteiger partial charge is 0.185 e. The molecule has 78 valence electrons. The van der Waals surface area contributed by atoms with E-state index in [0.717, 1.165) is 17.2 Å². The highest BCUT2D eigenvalue weighted by Crippen LogP contribution is 2.38. The van der Waals surface area contributed by atoms with Gasteiger partial charge in [0.1, 0.15) is 0 Å². The summed E-state index contributed by atoms with van der Waals surface area (Å²) in [5.41, 5.74) is 7.34. The molecule has 0 atom stereocenters. The number of aryl methyl sites for hydroxylation is 1. The third-order valence-electron chi connectivity index (χ3n) is 2.67. The van der Waals surface area contributed by atoms with Crippen molar-refractivity contribution in [1.82, 2.24) is 4.98 Å². The summed E-state index contributed by atoms with van der Waals surface area (Å²) in [4.78, 5) is 7.92. The minimum Gasteiger partial charge on any atom is -0.354 e. The predicted octanol–water partition coefficient (Wildman–Crippen LogP) is 1.55. The number of nitrogens with two attached hydrogens (primary N) is 1. The van der Waals surface area contributed by atoms with E-state index in [4.69, 9.17) is 5.73 Å². The molecule has 1 aliphatic carbocycles. The van der Waals surface area contributed by atoms with Crippen LogP contribution in [0.2, 0.25) is 0 Å². The van der Waals surface area contributed by atoms with E-state index < -0.39 is 0 Å². The maximum Gasteiger partial charge on any atom is 0.185 e. The number of rotatable bonds is 3. The second-order valence-corrected chi connectivity index (χ2v) is 5.50. The molecule has 0 saturated heterocycles. The summed E-state index contributed by atoms with van der Waals surface area (Å²) in [5.74, 6) is 0. The summed E-state index contributed by atoms with van der Waals surface area (Å²) in [6.07, 6.45) is 3.34. The maximum absolute atomic E-state index is 6.10. The Bertz CT molecular complexity index is 339. The molecule has 0 aromatic carbocycles. The first-order valence-electron chi connectivity index (χ1n) is 4.93. The molecule has 0 spiro atoms. The fourth-order valence-electron chi connectivity index (χ4n) is 1.43. The number of nitrogens with zero attached hydrogens (tertiary/aromatic N) is 2. The van der Waals surface area contributed by atoms with Crippen molar-refractivity contribution in [3.05, 3.63) is 10.6 Å². The van der Waals surface area contributed by atoms with Gasteiger partial charge in [-0.25, -0.2) is 4.98 Å². The Balaban J connectivity index is 2.17. The zero-order chi connectivity index (χ0) is 10.3. The van der Waals surface area contributed by atoms with E-state index in [1.165, 1.54) is 17.7 Å². The minimum absolute atomic E-state index is 0.0981. The van der Waals surface area contributed by atoms with Gasteiger partial charge in [-0.05, 0) is 19.8 Å². The van der Waals surface area contributed by atoms with Crippen molar-refractivity contribution in [3.8, 4) is 0 Å². The van der Waals surface area contributed by atoms with E-state index in [2.05, 4.69) is 16.8 Å². The van der Waals surface area contributed by atoms with Gasteiger partial charge in [-0.1, -0.05) is 0 Å². The fraction of sp³-hybridized carbons (Fsp3) is 0.700. The highest BCUT2D eigenvalue weighted by molar-refractivity contribution is 7.15. The van der Waals surface area contributed by atoms with Gasteiger partial charge < -0.3 is 10.6 Å². The first kappa shape index (κ1) is 9.93. The number of thiazole rings is 1. The van der Waals surface area contributed by atoms with E-state index in [9.17, 15) is 0 Å². The monoisotopic (exact) mass is 211 g/mol. The largest absolute Gasteiger partial charge is 0.354 e. The van der Waals surface area contributed by atoms with Crippen LogP contribution in [0.5, 0.6) is 0 Å². The molecule has 0 aliphatic heterocycles. The summed E-state index contributed by atoms with van der Waals surface area (Å²) in [6, 6.07) is 0. The summed E-state index contributed by atoms with van der Waals surface area (Å²) < 4.78 is 0. The average molecular weight is 211 g/mol. The Morgan fingerprint density at radius 3 is 2.57 bits per heavy atom. The second-order valence-electron chi connectivity index (χ2n) is 4.44. The Morgan fingerprint density at radius 1 is 1.50 bits per heavy atom. The lowest BCUT2D eigenvalue weighted by atomic mass is 10.1. The Kier molecular flexibility index (Phi) is 2.27. The third-order valence-corrected chi connectivity index (χ3v) is 3.99. The molecule has 0 unspecified atom stereocenters. The molecule has 4 heteroatoms. The van der Waals surface area contributed by atoms with Gasteiger partial charge in [-0.2, -0.15) is 0 Å². The van der Waals surface area contributed by atoms with Crippen molar-refractivity contribution in [2.24, 2.45) is 5.73 Å². The zero-order valence-electron chi connectivity index (χ0n) is 9.00. The first-order valence-corrected chi connectivity index (χ1v) is 5.74. The molecule has 0 bridgehead atoms. The van der Waals surface area contributed by atoms with Crippen LogP contribution >= 0.6 is 11.3 Å². The van der Waals surface area contributed by atoms with Crippen molar-refractivity contribution in [1.29, 1.82) is 0 Å². The van der Waals surface area contributed by atoms with E-state index >= 15 is 0 Å². The van der Waals surface area contributed by atoms with E-state index in [0.29, 0.717) is 0 Å². The fourth-order valence-corrected chi connectivity index (χ4v) is 2.56. The Hall–Kier alpha value is -0.610. The SMILES string of the molecule is Cc1nc(N(C)C)sc1CC1(N)CC1. The molecule has 2 rings (SSSR count). The molecule has 3 nitrogen and oxygen atoms in total. The van der Waals surface area contributed by atoms with Crippen molar-refractivity contribution >= 4 is 16.5 Å². The normalized spacial score (nSPS) is 18.3. The Morgan fingerprint density at radius 2 is 2.14 bits per heavy atom. The van der Waals surface area contributed by atoms with Crippen LogP contribution in [-0.4, -0.2) is 24.6 Å². The molecule has 1 heterocycles. The molecule has 14 heavy (non-hydrogen) atoms. The quantitative estimate of drug-likeness (QED) is 0.825. The number of hydrogen-bond donors (Lipinski definition) is 1. The van der Waals surface area contributed by atoms with E-state index in [1.807, 2.05) is 14.1 Å². The molecular weight excluding hydrogens is 194 g/mol. The molecule has 1 aliphatic rings. The lowest BCUT2D eigenvalue weighted by molar-refractivity contribution is 0.676. The topological polar surface area (TPSA) is 42.2 Å². The molecular formula is C10H17N3S. The van der Waals surface area contributed by atoms with Crippen molar-refractivity contribution in [2.75, 3.05) is 19.0 Å². The van der Waals surface area contributed by atoms with Crippen LogP contribution in [0.1, 0.15) is 23.4 Å². The van der Waals surface area contributed by atoms with Gasteiger partial charge in [-0.3, -0.25) is 0 Å². The van der Waals surface area contributed by atoms with Gasteiger partial charge in [-0.15, -0.1) is 11.3 Å². The van der Waals surface area contributed by atoms with Gasteiger partial charge in [0, 0.05) is 30.9 Å². The van der Waals surface area contributed by atoms with Crippen LogP contribution in [0.3, 0.4) is 0 Å². The molecule has 1 fully saturated rings. The minimum atomic E-state index is 0.0981. The van der Waals surface area contributed by atoms with Gasteiger partial charge in [0.05, 0.1) is 5.69 Å². The third kappa shape index (κ3) is 1.91. The van der Waals surface area contributed by atoms with Crippen LogP contribution < -0.4 is 10.6 Å². The second kappa shape index (κ2) is 3.21. The van der Waals surface area contributed by atoms with Gasteiger partial charge in [0.2, 0.25) is 0 Å². The highest BCUT2D eigenvalue weighted by atomic mass is 32.1. The van der Waals surface area contributed by atoms with Crippen LogP contribution in [0.4, 0.5) is 5.13 Å². The van der Waals surface area contributed by atoms with Gasteiger partial charge >= 0.3 is 0 Å². The van der Waals surface area contributed by atoms with E-state index in [1.54, 1.807) is 11.3 Å².